The number of hydrogen-bond acceptors (Lipinski definition) is 5. The number of aromatic nitrogens is 5. The predicted molar refractivity (Wildman–Crippen MR) is 87.5 cm³/mol. The quantitative estimate of drug-likeness (QED) is 0.540. The summed E-state index contributed by atoms with van der Waals surface area (Å²) in [6.45, 7) is 0. The Kier molecular flexibility index (Phi) is 3.09. The molecule has 0 saturated heterocycles. The van der Waals surface area contributed by atoms with E-state index in [1.54, 1.807) is 18.5 Å². The summed E-state index contributed by atoms with van der Waals surface area (Å²) in [5.74, 6) is 0.952. The van der Waals surface area contributed by atoms with Gasteiger partial charge in [0.1, 0.15) is 0 Å². The Morgan fingerprint density at radius 3 is 2.96 bits per heavy atom. The first kappa shape index (κ1) is 13.2. The van der Waals surface area contributed by atoms with Gasteiger partial charge in [-0.25, -0.2) is 0 Å². The molecule has 0 amide bonds. The molecule has 23 heavy (non-hydrogen) atoms. The van der Waals surface area contributed by atoms with Gasteiger partial charge in [0.05, 0.1) is 11.2 Å². The molecule has 0 aliphatic carbocycles. The number of rotatable bonds is 3. The van der Waals surface area contributed by atoms with Crippen LogP contribution in [0.2, 0.25) is 0 Å². The maximum Gasteiger partial charge on any atom is 0.248 e. The van der Waals surface area contributed by atoms with Crippen LogP contribution < -0.4 is 10.9 Å². The molecule has 112 valence electrons. The van der Waals surface area contributed by atoms with E-state index in [0.29, 0.717) is 17.3 Å². The number of pyridine rings is 2. The molecule has 0 atom stereocenters. The molecule has 0 fully saturated rings. The number of aromatic amines is 2. The Morgan fingerprint density at radius 2 is 2.04 bits per heavy atom. The van der Waals surface area contributed by atoms with Gasteiger partial charge in [0.25, 0.3) is 0 Å². The molecule has 3 heterocycles. The van der Waals surface area contributed by atoms with E-state index in [2.05, 4.69) is 30.5 Å². The van der Waals surface area contributed by atoms with Crippen molar-refractivity contribution in [2.45, 2.75) is 0 Å². The average molecular weight is 304 g/mol. The fourth-order valence-corrected chi connectivity index (χ4v) is 2.37. The van der Waals surface area contributed by atoms with Crippen LogP contribution in [0.15, 0.2) is 59.7 Å². The summed E-state index contributed by atoms with van der Waals surface area (Å²) in [4.78, 5) is 22.6. The monoisotopic (exact) mass is 304 g/mol. The van der Waals surface area contributed by atoms with Crippen molar-refractivity contribution in [3.8, 4) is 11.4 Å². The Bertz CT molecular complexity index is 1030. The van der Waals surface area contributed by atoms with Gasteiger partial charge in [-0.15, -0.1) is 5.10 Å². The number of H-pyrrole nitrogens is 2. The zero-order chi connectivity index (χ0) is 15.6. The van der Waals surface area contributed by atoms with Gasteiger partial charge in [-0.2, -0.15) is 4.98 Å². The normalized spacial score (nSPS) is 10.8. The van der Waals surface area contributed by atoms with Crippen molar-refractivity contribution in [2.24, 2.45) is 0 Å². The zero-order valence-corrected chi connectivity index (χ0v) is 11.9. The van der Waals surface area contributed by atoms with Gasteiger partial charge in [0.2, 0.25) is 11.5 Å². The molecule has 7 nitrogen and oxygen atoms in total. The SMILES string of the molecule is O=c1cc(-c2nc(Nc3cccc4ncccc34)n[nH]2)cc[nH]1. The third-order valence-electron chi connectivity index (χ3n) is 3.43. The smallest absolute Gasteiger partial charge is 0.248 e. The second-order valence-corrected chi connectivity index (χ2v) is 4.95. The lowest BCUT2D eigenvalue weighted by atomic mass is 10.2. The van der Waals surface area contributed by atoms with E-state index >= 15 is 0 Å². The first-order valence-electron chi connectivity index (χ1n) is 7.02. The molecule has 4 rings (SSSR count). The molecule has 0 spiro atoms. The van der Waals surface area contributed by atoms with Crippen molar-refractivity contribution in [1.82, 2.24) is 25.1 Å². The van der Waals surface area contributed by atoms with Crippen LogP contribution in [0, 0.1) is 0 Å². The van der Waals surface area contributed by atoms with E-state index in [1.165, 1.54) is 6.07 Å². The topological polar surface area (TPSA) is 99.3 Å². The molecular formula is C16H12N6O. The van der Waals surface area contributed by atoms with E-state index < -0.39 is 0 Å². The van der Waals surface area contributed by atoms with Crippen LogP contribution in [-0.4, -0.2) is 25.1 Å². The standard InChI is InChI=1S/C16H12N6O/c23-14-9-10(6-8-18-14)15-20-16(22-21-15)19-13-5-1-4-12-11(13)3-2-7-17-12/h1-9H,(H,18,23)(H2,19,20,21,22). The summed E-state index contributed by atoms with van der Waals surface area (Å²) in [7, 11) is 0. The highest BCUT2D eigenvalue weighted by atomic mass is 16.1. The molecule has 0 bridgehead atoms. The van der Waals surface area contributed by atoms with Crippen molar-refractivity contribution in [3.63, 3.8) is 0 Å². The molecule has 3 N–H and O–H groups in total. The highest BCUT2D eigenvalue weighted by molar-refractivity contribution is 5.92. The second-order valence-electron chi connectivity index (χ2n) is 4.95. The van der Waals surface area contributed by atoms with E-state index in [4.69, 9.17) is 0 Å². The third-order valence-corrected chi connectivity index (χ3v) is 3.43. The maximum atomic E-state index is 11.4. The fourth-order valence-electron chi connectivity index (χ4n) is 2.37. The predicted octanol–water partition coefficient (Wildman–Crippen LogP) is 2.45. The van der Waals surface area contributed by atoms with Gasteiger partial charge >= 0.3 is 0 Å². The molecule has 1 aromatic carbocycles. The van der Waals surface area contributed by atoms with Crippen LogP contribution in [0.1, 0.15) is 0 Å². The number of benzene rings is 1. The first-order valence-corrected chi connectivity index (χ1v) is 7.02. The highest BCUT2D eigenvalue weighted by Crippen LogP contribution is 2.24. The summed E-state index contributed by atoms with van der Waals surface area (Å²) in [5.41, 5.74) is 2.25. The van der Waals surface area contributed by atoms with Gasteiger partial charge in [-0.1, -0.05) is 6.07 Å². The number of nitrogens with zero attached hydrogens (tertiary/aromatic N) is 3. The summed E-state index contributed by atoms with van der Waals surface area (Å²) >= 11 is 0. The molecule has 7 heteroatoms. The maximum absolute atomic E-state index is 11.4. The molecule has 0 saturated carbocycles. The largest absolute Gasteiger partial charge is 0.329 e. The lowest BCUT2D eigenvalue weighted by molar-refractivity contribution is 1.09. The minimum absolute atomic E-state index is 0.187. The van der Waals surface area contributed by atoms with Crippen LogP contribution in [0.25, 0.3) is 22.3 Å². The summed E-state index contributed by atoms with van der Waals surface area (Å²) in [6, 6.07) is 12.9. The van der Waals surface area contributed by atoms with E-state index in [1.807, 2.05) is 30.3 Å². The number of fused-ring (bicyclic) bond motifs is 1. The Hall–Kier alpha value is -3.48. The minimum Gasteiger partial charge on any atom is -0.329 e. The first-order chi connectivity index (χ1) is 11.3. The van der Waals surface area contributed by atoms with E-state index in [-0.39, 0.29) is 5.56 Å². The molecular weight excluding hydrogens is 292 g/mol. The highest BCUT2D eigenvalue weighted by Gasteiger charge is 2.08. The lowest BCUT2D eigenvalue weighted by Crippen LogP contribution is -2.02. The molecule has 0 unspecified atom stereocenters. The van der Waals surface area contributed by atoms with Gasteiger partial charge in [0.15, 0.2) is 5.82 Å². The molecule has 0 aliphatic rings. The van der Waals surface area contributed by atoms with Crippen molar-refractivity contribution in [1.29, 1.82) is 0 Å². The van der Waals surface area contributed by atoms with E-state index in [0.717, 1.165) is 16.6 Å². The number of anilines is 2. The summed E-state index contributed by atoms with van der Waals surface area (Å²) < 4.78 is 0. The van der Waals surface area contributed by atoms with Crippen molar-refractivity contribution >= 4 is 22.5 Å². The van der Waals surface area contributed by atoms with Gasteiger partial charge in [-0.05, 0) is 30.3 Å². The molecule has 4 aromatic rings. The van der Waals surface area contributed by atoms with Gasteiger partial charge < -0.3 is 10.3 Å². The van der Waals surface area contributed by atoms with Crippen LogP contribution in [0.3, 0.4) is 0 Å². The summed E-state index contributed by atoms with van der Waals surface area (Å²) in [5, 5.41) is 11.1. The average Bonchev–Trinajstić information content (AvgIpc) is 3.04. The third kappa shape index (κ3) is 2.55. The fraction of sp³-hybridized carbons (Fsp3) is 0. The van der Waals surface area contributed by atoms with Gasteiger partial charge in [-0.3, -0.25) is 14.9 Å². The van der Waals surface area contributed by atoms with Crippen molar-refractivity contribution in [3.05, 3.63) is 65.2 Å². The molecule has 3 aromatic heterocycles. The molecule has 0 radical (unpaired) electrons. The Morgan fingerprint density at radius 1 is 1.09 bits per heavy atom. The Balaban J connectivity index is 1.68. The van der Waals surface area contributed by atoms with Crippen LogP contribution >= 0.6 is 0 Å². The summed E-state index contributed by atoms with van der Waals surface area (Å²) in [6.07, 6.45) is 3.33. The lowest BCUT2D eigenvalue weighted by Gasteiger charge is -2.05. The van der Waals surface area contributed by atoms with Crippen molar-refractivity contribution in [2.75, 3.05) is 5.32 Å². The van der Waals surface area contributed by atoms with Crippen LogP contribution in [0.4, 0.5) is 11.6 Å². The van der Waals surface area contributed by atoms with Crippen LogP contribution in [-0.2, 0) is 0 Å². The van der Waals surface area contributed by atoms with Gasteiger partial charge in [0, 0.05) is 29.4 Å². The second kappa shape index (κ2) is 5.38. The number of hydrogen-bond donors (Lipinski definition) is 3. The number of nitrogens with one attached hydrogen (secondary N) is 3. The van der Waals surface area contributed by atoms with E-state index in [9.17, 15) is 4.79 Å². The van der Waals surface area contributed by atoms with Crippen LogP contribution in [0.5, 0.6) is 0 Å². The molecule has 0 aliphatic heterocycles. The minimum atomic E-state index is -0.187. The zero-order valence-electron chi connectivity index (χ0n) is 11.9. The Labute approximate surface area is 130 Å². The van der Waals surface area contributed by atoms with Crippen molar-refractivity contribution < 1.29 is 0 Å².